The van der Waals surface area contributed by atoms with Crippen LogP contribution in [-0.4, -0.2) is 42.2 Å². The lowest BCUT2D eigenvalue weighted by atomic mass is 10.1. The molecule has 6 N–H and O–H groups in total. The fourth-order valence-corrected chi connectivity index (χ4v) is 4.07. The Morgan fingerprint density at radius 3 is 2.00 bits per heavy atom. The largest absolute Gasteiger partial charge is 0.369 e. The van der Waals surface area contributed by atoms with Crippen LogP contribution in [0.25, 0.3) is 0 Å². The Morgan fingerprint density at radius 2 is 1.55 bits per heavy atom. The Bertz CT molecular complexity index is 421. The lowest BCUT2D eigenvalue weighted by Crippen LogP contribution is -2.31. The molecule has 0 rings (SSSR count). The van der Waals surface area contributed by atoms with Gasteiger partial charge in [-0.2, -0.15) is 0 Å². The highest BCUT2D eigenvalue weighted by atomic mass is 31.2. The van der Waals surface area contributed by atoms with Gasteiger partial charge < -0.3 is 30.0 Å². The Labute approximate surface area is 129 Å². The maximum Gasteiger partial charge on any atom is 0.369 e. The van der Waals surface area contributed by atoms with Crippen LogP contribution in [0.1, 0.15) is 51.9 Å². The van der Waals surface area contributed by atoms with Gasteiger partial charge in [-0.1, -0.05) is 26.2 Å². The average Bonchev–Trinajstić information content (AvgIpc) is 2.37. The lowest BCUT2D eigenvalue weighted by Gasteiger charge is -2.29. The first-order valence-electron chi connectivity index (χ1n) is 7.06. The van der Waals surface area contributed by atoms with Crippen molar-refractivity contribution in [2.45, 2.75) is 57.0 Å². The van der Waals surface area contributed by atoms with Gasteiger partial charge in [0.05, 0.1) is 0 Å². The van der Waals surface area contributed by atoms with Gasteiger partial charge in [-0.15, -0.1) is 0 Å². The summed E-state index contributed by atoms with van der Waals surface area (Å²) >= 11 is 0. The molecule has 0 aromatic heterocycles. The van der Waals surface area contributed by atoms with Gasteiger partial charge in [0.2, 0.25) is 5.91 Å². The molecule has 0 bridgehead atoms. The fourth-order valence-electron chi connectivity index (χ4n) is 1.82. The maximum absolute atomic E-state index is 11.4. The fraction of sp³-hybridized carbons (Fsp3) is 0.909. The van der Waals surface area contributed by atoms with Crippen molar-refractivity contribution < 1.29 is 38.6 Å². The van der Waals surface area contributed by atoms with Gasteiger partial charge in [0.15, 0.2) is 0 Å². The van der Waals surface area contributed by atoms with Crippen LogP contribution in [0.2, 0.25) is 0 Å². The van der Waals surface area contributed by atoms with Crippen LogP contribution in [0.4, 0.5) is 0 Å². The molecule has 0 radical (unpaired) electrons. The minimum absolute atomic E-state index is 0.0328. The van der Waals surface area contributed by atoms with Crippen molar-refractivity contribution in [2.24, 2.45) is 0 Å². The van der Waals surface area contributed by atoms with Gasteiger partial charge in [0.25, 0.3) is 5.08 Å². The molecule has 0 unspecified atom stereocenters. The van der Waals surface area contributed by atoms with Gasteiger partial charge >= 0.3 is 15.2 Å². The quantitative estimate of drug-likeness (QED) is 0.233. The maximum atomic E-state index is 11.4. The summed E-state index contributed by atoms with van der Waals surface area (Å²) in [5, 5.41) is 8.68. The van der Waals surface area contributed by atoms with Crippen molar-refractivity contribution in [2.75, 3.05) is 6.54 Å². The predicted octanol–water partition coefficient (Wildman–Crippen LogP) is 0.855. The van der Waals surface area contributed by atoms with E-state index in [0.29, 0.717) is 6.42 Å². The third kappa shape index (κ3) is 6.87. The van der Waals surface area contributed by atoms with Crippen molar-refractivity contribution in [3.8, 4) is 0 Å². The third-order valence-electron chi connectivity index (χ3n) is 3.20. The van der Waals surface area contributed by atoms with E-state index < -0.39 is 26.7 Å². The molecular weight excluding hydrogens is 336 g/mol. The number of hydrogen-bond donors (Lipinski definition) is 6. The SMILES string of the molecule is CCCCCCC(=O)NCCCC(O)(P(=O)(O)O)P(=O)(O)O. The highest BCUT2D eigenvalue weighted by Gasteiger charge is 2.58. The number of hydrogen-bond acceptors (Lipinski definition) is 4. The Hall–Kier alpha value is -0.270. The monoisotopic (exact) mass is 361 g/mol. The molecule has 9 nitrogen and oxygen atoms in total. The van der Waals surface area contributed by atoms with E-state index in [1.54, 1.807) is 0 Å². The van der Waals surface area contributed by atoms with Gasteiger partial charge in [0.1, 0.15) is 0 Å². The zero-order valence-electron chi connectivity index (χ0n) is 12.5. The number of carbonyl (C=O) groups is 1. The lowest BCUT2D eigenvalue weighted by molar-refractivity contribution is -0.121. The number of amides is 1. The second-order valence-corrected chi connectivity index (χ2v) is 9.14. The Morgan fingerprint density at radius 1 is 1.00 bits per heavy atom. The first kappa shape index (κ1) is 21.7. The molecule has 0 spiro atoms. The molecule has 0 atom stereocenters. The average molecular weight is 361 g/mol. The van der Waals surface area contributed by atoms with Crippen LogP contribution in [0.5, 0.6) is 0 Å². The third-order valence-corrected chi connectivity index (χ3v) is 7.08. The van der Waals surface area contributed by atoms with Crippen LogP contribution >= 0.6 is 15.2 Å². The Kier molecular flexibility index (Phi) is 9.02. The summed E-state index contributed by atoms with van der Waals surface area (Å²) in [5.74, 6) is -0.244. The first-order chi connectivity index (χ1) is 9.95. The van der Waals surface area contributed by atoms with Crippen molar-refractivity contribution in [1.82, 2.24) is 5.32 Å². The second kappa shape index (κ2) is 9.13. The first-order valence-corrected chi connectivity index (χ1v) is 10.3. The highest BCUT2D eigenvalue weighted by Crippen LogP contribution is 2.69. The zero-order chi connectivity index (χ0) is 17.4. The van der Waals surface area contributed by atoms with Crippen LogP contribution in [0.15, 0.2) is 0 Å². The minimum atomic E-state index is -5.42. The van der Waals surface area contributed by atoms with E-state index in [-0.39, 0.29) is 18.9 Å². The van der Waals surface area contributed by atoms with E-state index >= 15 is 0 Å². The van der Waals surface area contributed by atoms with Crippen molar-refractivity contribution in [3.63, 3.8) is 0 Å². The summed E-state index contributed by atoms with van der Waals surface area (Å²) in [6.45, 7) is 2.01. The predicted molar refractivity (Wildman–Crippen MR) is 80.0 cm³/mol. The summed E-state index contributed by atoms with van der Waals surface area (Å²) in [5.41, 5.74) is 0. The molecule has 0 saturated heterocycles. The summed E-state index contributed by atoms with van der Waals surface area (Å²) in [6.07, 6.45) is 3.07. The number of rotatable bonds is 11. The molecule has 0 aromatic rings. The Balaban J connectivity index is 4.25. The van der Waals surface area contributed by atoms with Crippen molar-refractivity contribution >= 4 is 21.1 Å². The van der Waals surface area contributed by atoms with Crippen molar-refractivity contribution in [3.05, 3.63) is 0 Å². The summed E-state index contributed by atoms with van der Waals surface area (Å²) < 4.78 is 22.2. The van der Waals surface area contributed by atoms with E-state index in [1.165, 1.54) is 0 Å². The second-order valence-electron chi connectivity index (χ2n) is 5.13. The van der Waals surface area contributed by atoms with Crippen LogP contribution in [0.3, 0.4) is 0 Å². The van der Waals surface area contributed by atoms with Gasteiger partial charge in [-0.25, -0.2) is 0 Å². The molecule has 11 heteroatoms. The topological polar surface area (TPSA) is 164 Å². The van der Waals surface area contributed by atoms with E-state index in [4.69, 9.17) is 19.6 Å². The van der Waals surface area contributed by atoms with Crippen LogP contribution in [-0.2, 0) is 13.9 Å². The number of carbonyl (C=O) groups excluding carboxylic acids is 1. The highest BCUT2D eigenvalue weighted by molar-refractivity contribution is 7.72. The summed E-state index contributed by atoms with van der Waals surface area (Å²) in [6, 6.07) is 0. The van der Waals surface area contributed by atoms with E-state index in [9.17, 15) is 19.0 Å². The summed E-state index contributed by atoms with van der Waals surface area (Å²) in [7, 11) is -10.8. The van der Waals surface area contributed by atoms with E-state index in [0.717, 1.165) is 25.7 Å². The minimum Gasteiger partial charge on any atom is -0.368 e. The molecule has 0 saturated carbocycles. The molecule has 132 valence electrons. The van der Waals surface area contributed by atoms with Crippen molar-refractivity contribution in [1.29, 1.82) is 0 Å². The molecule has 0 aromatic carbocycles. The van der Waals surface area contributed by atoms with Crippen LogP contribution in [0, 0.1) is 0 Å². The standard InChI is InChI=1S/C11H25NO8P2/c1-2-3-4-5-7-10(13)12-9-6-8-11(14,21(15,16)17)22(18,19)20/h14H,2-9H2,1H3,(H,12,13)(H2,15,16,17)(H2,18,19,20). The molecule has 0 aliphatic carbocycles. The molecule has 0 fully saturated rings. The molecule has 0 heterocycles. The molecule has 1 amide bonds. The number of aliphatic hydroxyl groups is 1. The number of nitrogens with one attached hydrogen (secondary N) is 1. The normalized spacial score (nSPS) is 13.2. The van der Waals surface area contributed by atoms with Gasteiger partial charge in [-0.3, -0.25) is 13.9 Å². The van der Waals surface area contributed by atoms with Crippen LogP contribution < -0.4 is 5.32 Å². The molecule has 0 aliphatic heterocycles. The van der Waals surface area contributed by atoms with E-state index in [1.807, 2.05) is 6.92 Å². The smallest absolute Gasteiger partial charge is 0.368 e. The van der Waals surface area contributed by atoms with E-state index in [2.05, 4.69) is 5.32 Å². The number of unbranched alkanes of at least 4 members (excludes halogenated alkanes) is 3. The van der Waals surface area contributed by atoms with Gasteiger partial charge in [0, 0.05) is 19.4 Å². The molecule has 22 heavy (non-hydrogen) atoms. The molecule has 0 aliphatic rings. The zero-order valence-corrected chi connectivity index (χ0v) is 14.3. The van der Waals surface area contributed by atoms with Gasteiger partial charge in [-0.05, 0) is 12.8 Å². The molecular formula is C11H25NO8P2. The summed E-state index contributed by atoms with van der Waals surface area (Å²) in [4.78, 5) is 47.2.